The first-order valence-corrected chi connectivity index (χ1v) is 15.4. The number of benzene rings is 1. The Morgan fingerprint density at radius 3 is 1.08 bits per heavy atom. The van der Waals surface area contributed by atoms with Crippen molar-refractivity contribution < 1.29 is 19.1 Å². The molecule has 4 nitrogen and oxygen atoms in total. The number of aryl methyl sites for hydroxylation is 4. The van der Waals surface area contributed by atoms with Gasteiger partial charge in [-0.25, -0.2) is 9.59 Å². The van der Waals surface area contributed by atoms with Crippen molar-refractivity contribution in [1.82, 2.24) is 0 Å². The minimum Gasteiger partial charge on any atom is -0.423 e. The van der Waals surface area contributed by atoms with E-state index in [4.69, 9.17) is 9.47 Å². The van der Waals surface area contributed by atoms with Crippen molar-refractivity contribution in [2.75, 3.05) is 0 Å². The summed E-state index contributed by atoms with van der Waals surface area (Å²) in [5.41, 5.74) is 13.2. The standard InChI is InChI=1S/C40H42O4.6CH4/c1-21(2)29-13-11-23(5)37-31(19-29)25(7)17-33(37)39(41)43-35-15-16-36(28(10)27(35)9)44-40(42)34-18-26(8)32-20-30(22(3)4)14-12-24(6)38(32)34;;;;;;/h11-22H,1-10H3;6*1H4. The van der Waals surface area contributed by atoms with Gasteiger partial charge in [-0.2, -0.15) is 0 Å². The predicted octanol–water partition coefficient (Wildman–Crippen LogP) is 14.2. The number of fused-ring (bicyclic) bond motifs is 2. The number of hydrogen-bond donors (Lipinski definition) is 0. The van der Waals surface area contributed by atoms with Crippen molar-refractivity contribution in [2.45, 2.75) is 126 Å². The van der Waals surface area contributed by atoms with E-state index >= 15 is 0 Å². The Morgan fingerprint density at radius 1 is 0.460 bits per heavy atom. The van der Waals surface area contributed by atoms with Crippen LogP contribution in [0.4, 0.5) is 0 Å². The second-order valence-electron chi connectivity index (χ2n) is 12.8. The highest BCUT2D eigenvalue weighted by atomic mass is 16.5. The van der Waals surface area contributed by atoms with Crippen molar-refractivity contribution in [3.8, 4) is 33.8 Å². The maximum atomic E-state index is 13.6. The molecule has 0 fully saturated rings. The molecule has 0 spiro atoms. The van der Waals surface area contributed by atoms with Crippen LogP contribution in [-0.4, -0.2) is 11.9 Å². The summed E-state index contributed by atoms with van der Waals surface area (Å²) in [7, 11) is 0. The molecule has 0 amide bonds. The summed E-state index contributed by atoms with van der Waals surface area (Å²) in [6.07, 6.45) is 0. The minimum atomic E-state index is -0.404. The number of rotatable bonds is 6. The topological polar surface area (TPSA) is 52.6 Å². The summed E-state index contributed by atoms with van der Waals surface area (Å²) in [6, 6.07) is 20.0. The monoisotopic (exact) mass is 682 g/mol. The summed E-state index contributed by atoms with van der Waals surface area (Å²) >= 11 is 0. The summed E-state index contributed by atoms with van der Waals surface area (Å²) in [4.78, 5) is 27.1. The van der Waals surface area contributed by atoms with Crippen LogP contribution in [-0.2, 0) is 0 Å². The molecule has 0 unspecified atom stereocenters. The lowest BCUT2D eigenvalue weighted by atomic mass is 10.0. The largest absolute Gasteiger partial charge is 0.423 e. The van der Waals surface area contributed by atoms with Gasteiger partial charge >= 0.3 is 11.9 Å². The average Bonchev–Trinajstić information content (AvgIpc) is 3.32. The molecule has 0 heterocycles. The zero-order valence-electron chi connectivity index (χ0n) is 27.6. The molecule has 1 aromatic carbocycles. The average molecular weight is 683 g/mol. The minimum absolute atomic E-state index is 0. The fourth-order valence-electron chi connectivity index (χ4n) is 6.02. The predicted molar refractivity (Wildman–Crippen MR) is 219 cm³/mol. The number of carbonyl (C=O) groups is 2. The van der Waals surface area contributed by atoms with Crippen molar-refractivity contribution in [2.24, 2.45) is 0 Å². The van der Waals surface area contributed by atoms with Gasteiger partial charge in [-0.1, -0.05) is 109 Å². The zero-order chi connectivity index (χ0) is 32.0. The third-order valence-corrected chi connectivity index (χ3v) is 8.98. The van der Waals surface area contributed by atoms with E-state index in [1.165, 1.54) is 11.1 Å². The van der Waals surface area contributed by atoms with Crippen LogP contribution in [0.25, 0.3) is 22.3 Å². The fraction of sp³-hybridized carbons (Fsp3) is 0.391. The Hall–Kier alpha value is -4.44. The molecule has 4 aliphatic carbocycles. The molecule has 0 atom stereocenters. The molecule has 4 aliphatic rings. The molecule has 0 radical (unpaired) electrons. The van der Waals surface area contributed by atoms with Crippen molar-refractivity contribution >= 4 is 11.9 Å². The first-order chi connectivity index (χ1) is 20.8. The summed E-state index contributed by atoms with van der Waals surface area (Å²) in [6.45, 7) is 20.6. The number of hydrogen-bond acceptors (Lipinski definition) is 4. The third-order valence-electron chi connectivity index (χ3n) is 8.98. The van der Waals surface area contributed by atoms with Crippen LogP contribution in [0, 0.1) is 41.5 Å². The van der Waals surface area contributed by atoms with Gasteiger partial charge in [0.25, 0.3) is 0 Å². The van der Waals surface area contributed by atoms with Crippen molar-refractivity contribution in [1.29, 1.82) is 0 Å². The molecule has 4 heteroatoms. The molecular weight excluding hydrogens is 617 g/mol. The van der Waals surface area contributed by atoms with E-state index in [0.29, 0.717) is 34.5 Å². The molecule has 0 N–H and O–H groups in total. The Morgan fingerprint density at radius 2 is 0.780 bits per heavy atom. The van der Waals surface area contributed by atoms with Gasteiger partial charge in [-0.15, -0.1) is 0 Å². The van der Waals surface area contributed by atoms with Crippen LogP contribution in [0.1, 0.15) is 149 Å². The van der Waals surface area contributed by atoms with Crippen molar-refractivity contribution in [3.05, 3.63) is 116 Å². The summed E-state index contributed by atoms with van der Waals surface area (Å²) < 4.78 is 12.0. The van der Waals surface area contributed by atoms with Crippen LogP contribution in [0.2, 0.25) is 0 Å². The van der Waals surface area contributed by atoms with E-state index in [0.717, 1.165) is 55.6 Å². The number of carbonyl (C=O) groups excluding carboxylic acids is 2. The molecule has 0 aromatic heterocycles. The molecule has 5 rings (SSSR count). The fourth-order valence-corrected chi connectivity index (χ4v) is 6.02. The van der Waals surface area contributed by atoms with Crippen LogP contribution >= 0.6 is 0 Å². The lowest BCUT2D eigenvalue weighted by molar-refractivity contribution is 0.0718. The van der Waals surface area contributed by atoms with E-state index in [2.05, 4.69) is 64.1 Å². The van der Waals surface area contributed by atoms with Crippen LogP contribution in [0.3, 0.4) is 0 Å². The quantitative estimate of drug-likeness (QED) is 0.132. The maximum absolute atomic E-state index is 13.6. The second-order valence-corrected chi connectivity index (χ2v) is 12.8. The number of esters is 2. The van der Waals surface area contributed by atoms with E-state index in [1.807, 2.05) is 53.7 Å². The Bertz CT molecular complexity index is 1720. The zero-order valence-corrected chi connectivity index (χ0v) is 27.6. The van der Waals surface area contributed by atoms with Gasteiger partial charge in [0.05, 0.1) is 11.1 Å². The first kappa shape index (κ1) is 47.7. The lowest BCUT2D eigenvalue weighted by Crippen LogP contribution is -2.12. The van der Waals surface area contributed by atoms with Crippen LogP contribution in [0.5, 0.6) is 11.5 Å². The maximum Gasteiger partial charge on any atom is 0.344 e. The molecule has 1 aromatic rings. The molecule has 0 bridgehead atoms. The third kappa shape index (κ3) is 8.82. The van der Waals surface area contributed by atoms with Crippen LogP contribution < -0.4 is 9.47 Å². The van der Waals surface area contributed by atoms with Gasteiger partial charge in [0.15, 0.2) is 0 Å². The lowest BCUT2D eigenvalue weighted by Gasteiger charge is -2.14. The summed E-state index contributed by atoms with van der Waals surface area (Å²) in [5, 5.41) is 0. The molecular formula is C46H66O4. The van der Waals surface area contributed by atoms with Gasteiger partial charge < -0.3 is 9.47 Å². The van der Waals surface area contributed by atoms with Gasteiger partial charge in [0, 0.05) is 0 Å². The van der Waals surface area contributed by atoms with Crippen molar-refractivity contribution in [3.63, 3.8) is 0 Å². The van der Waals surface area contributed by atoms with E-state index in [9.17, 15) is 9.59 Å². The Balaban J connectivity index is 0. The molecule has 50 heavy (non-hydrogen) atoms. The van der Waals surface area contributed by atoms with E-state index in [-0.39, 0.29) is 44.6 Å². The first-order valence-electron chi connectivity index (χ1n) is 15.4. The van der Waals surface area contributed by atoms with Gasteiger partial charge in [-0.05, 0) is 144 Å². The second kappa shape index (κ2) is 18.5. The highest BCUT2D eigenvalue weighted by Crippen LogP contribution is 2.39. The molecule has 274 valence electrons. The van der Waals surface area contributed by atoms with E-state index in [1.54, 1.807) is 12.1 Å². The summed E-state index contributed by atoms with van der Waals surface area (Å²) in [5.74, 6) is 0.828. The molecule has 0 saturated heterocycles. The molecule has 0 aliphatic heterocycles. The van der Waals surface area contributed by atoms with Gasteiger partial charge in [-0.3, -0.25) is 0 Å². The smallest absolute Gasteiger partial charge is 0.344 e. The molecule has 0 saturated carbocycles. The van der Waals surface area contributed by atoms with Gasteiger partial charge in [0.1, 0.15) is 11.5 Å². The Labute approximate surface area is 306 Å². The van der Waals surface area contributed by atoms with Gasteiger partial charge in [0.2, 0.25) is 0 Å². The van der Waals surface area contributed by atoms with E-state index < -0.39 is 11.9 Å². The Kier molecular flexibility index (Phi) is 17.7. The normalized spacial score (nSPS) is 10.2. The highest BCUT2D eigenvalue weighted by Gasteiger charge is 2.26. The highest BCUT2D eigenvalue weighted by molar-refractivity contribution is 6.03. The number of ether oxygens (including phenoxy) is 2. The van der Waals surface area contributed by atoms with Crippen LogP contribution in [0.15, 0.2) is 60.7 Å². The SMILES string of the molecule is C.C.C.C.C.C.Cc1cc(C(=O)Oc2ccc(OC(=O)c3cc(C)c4cc(C(C)C)ccc(C)c3-4)c(C)c2C)c2c(C)ccc(C(C)C)cc1-2.